The Morgan fingerprint density at radius 2 is 1.57 bits per heavy atom. The maximum Gasteiger partial charge on any atom is 0.146 e. The van der Waals surface area contributed by atoms with Crippen LogP contribution in [0.2, 0.25) is 0 Å². The average molecular weight is 285 g/mol. The molecule has 5 heteroatoms. The molecule has 0 saturated heterocycles. The first kappa shape index (κ1) is 15.4. The van der Waals surface area contributed by atoms with E-state index in [0.29, 0.717) is 5.92 Å². The van der Waals surface area contributed by atoms with Gasteiger partial charge in [0.1, 0.15) is 5.82 Å². The molecule has 0 aliphatic rings. The fourth-order valence-corrected chi connectivity index (χ4v) is 2.04. The highest BCUT2D eigenvalue weighted by Crippen LogP contribution is 2.19. The van der Waals surface area contributed by atoms with Gasteiger partial charge in [0.15, 0.2) is 0 Å². The number of hydrogen-bond acceptors (Lipinski definition) is 5. The molecule has 1 atom stereocenters. The van der Waals surface area contributed by atoms with Gasteiger partial charge in [0, 0.05) is 38.6 Å². The first-order chi connectivity index (χ1) is 9.97. The molecule has 0 fully saturated rings. The molecule has 2 rings (SSSR count). The minimum absolute atomic E-state index is 0.258. The molecule has 0 aromatic carbocycles. The monoisotopic (exact) mass is 285 g/mol. The summed E-state index contributed by atoms with van der Waals surface area (Å²) in [4.78, 5) is 19.8. The number of nitrogens with zero attached hydrogens (tertiary/aromatic N) is 5. The second kappa shape index (κ2) is 6.61. The molecule has 0 radical (unpaired) electrons. The Bertz CT molecular complexity index is 595. The van der Waals surface area contributed by atoms with E-state index in [2.05, 4.69) is 40.7 Å². The zero-order valence-electron chi connectivity index (χ0n) is 13.4. The van der Waals surface area contributed by atoms with Gasteiger partial charge >= 0.3 is 0 Å². The van der Waals surface area contributed by atoms with Gasteiger partial charge in [-0.3, -0.25) is 15.0 Å². The van der Waals surface area contributed by atoms with Gasteiger partial charge in [-0.15, -0.1) is 0 Å². The Morgan fingerprint density at radius 1 is 0.905 bits per heavy atom. The molecule has 5 nitrogen and oxygen atoms in total. The first-order valence-corrected chi connectivity index (χ1v) is 7.27. The van der Waals surface area contributed by atoms with E-state index in [-0.39, 0.29) is 5.92 Å². The van der Waals surface area contributed by atoms with Gasteiger partial charge in [0.25, 0.3) is 0 Å². The van der Waals surface area contributed by atoms with Crippen LogP contribution in [-0.4, -0.2) is 34.0 Å². The zero-order chi connectivity index (χ0) is 15.4. The number of aromatic nitrogens is 4. The van der Waals surface area contributed by atoms with Crippen LogP contribution in [0.25, 0.3) is 0 Å². The van der Waals surface area contributed by atoms with E-state index in [1.165, 1.54) is 0 Å². The SMILES string of the molecule is CC(C)c1cncc(CC(C)c2cncc(N(C)C)n2)n1. The summed E-state index contributed by atoms with van der Waals surface area (Å²) in [5, 5.41) is 0. The largest absolute Gasteiger partial charge is 0.361 e. The molecule has 0 aliphatic carbocycles. The lowest BCUT2D eigenvalue weighted by Gasteiger charge is -2.15. The molecule has 21 heavy (non-hydrogen) atoms. The van der Waals surface area contributed by atoms with Crippen molar-refractivity contribution in [2.45, 2.75) is 39.0 Å². The van der Waals surface area contributed by atoms with E-state index in [0.717, 1.165) is 29.3 Å². The third kappa shape index (κ3) is 3.97. The molecule has 2 aromatic heterocycles. The maximum atomic E-state index is 4.67. The lowest BCUT2D eigenvalue weighted by Crippen LogP contribution is -2.13. The highest BCUT2D eigenvalue weighted by molar-refractivity contribution is 5.34. The van der Waals surface area contributed by atoms with Gasteiger partial charge in [-0.2, -0.15) is 0 Å². The highest BCUT2D eigenvalue weighted by atomic mass is 15.1. The van der Waals surface area contributed by atoms with Crippen molar-refractivity contribution in [1.82, 2.24) is 19.9 Å². The smallest absolute Gasteiger partial charge is 0.146 e. The predicted molar refractivity (Wildman–Crippen MR) is 84.6 cm³/mol. The summed E-state index contributed by atoms with van der Waals surface area (Å²) in [7, 11) is 3.94. The summed E-state index contributed by atoms with van der Waals surface area (Å²) in [5.41, 5.74) is 3.02. The van der Waals surface area contributed by atoms with Gasteiger partial charge in [-0.05, 0) is 12.3 Å². The molecule has 0 amide bonds. The van der Waals surface area contributed by atoms with Crippen LogP contribution in [-0.2, 0) is 6.42 Å². The summed E-state index contributed by atoms with van der Waals surface area (Å²) in [6, 6.07) is 0. The van der Waals surface area contributed by atoms with Gasteiger partial charge < -0.3 is 4.90 Å². The number of hydrogen-bond donors (Lipinski definition) is 0. The van der Waals surface area contributed by atoms with Crippen LogP contribution in [0, 0.1) is 0 Å². The van der Waals surface area contributed by atoms with Crippen molar-refractivity contribution in [1.29, 1.82) is 0 Å². The first-order valence-electron chi connectivity index (χ1n) is 7.27. The third-order valence-electron chi connectivity index (χ3n) is 3.41. The molecule has 2 aromatic rings. The summed E-state index contributed by atoms with van der Waals surface area (Å²) >= 11 is 0. The van der Waals surface area contributed by atoms with Crippen LogP contribution in [0.1, 0.15) is 49.7 Å². The molecule has 0 bridgehead atoms. The van der Waals surface area contributed by atoms with E-state index in [1.807, 2.05) is 37.6 Å². The van der Waals surface area contributed by atoms with E-state index in [4.69, 9.17) is 0 Å². The van der Waals surface area contributed by atoms with E-state index in [9.17, 15) is 0 Å². The summed E-state index contributed by atoms with van der Waals surface area (Å²) in [5.74, 6) is 1.53. The molecule has 0 spiro atoms. The Hall–Kier alpha value is -2.04. The summed E-state index contributed by atoms with van der Waals surface area (Å²) < 4.78 is 0. The van der Waals surface area contributed by atoms with Crippen LogP contribution in [0.15, 0.2) is 24.8 Å². The van der Waals surface area contributed by atoms with Gasteiger partial charge in [0.05, 0.1) is 23.3 Å². The van der Waals surface area contributed by atoms with Crippen molar-refractivity contribution < 1.29 is 0 Å². The number of anilines is 1. The number of rotatable bonds is 5. The van der Waals surface area contributed by atoms with E-state index in [1.54, 1.807) is 6.20 Å². The molecule has 2 heterocycles. The van der Waals surface area contributed by atoms with Crippen LogP contribution < -0.4 is 4.90 Å². The molecular weight excluding hydrogens is 262 g/mol. The normalized spacial score (nSPS) is 12.5. The van der Waals surface area contributed by atoms with Crippen LogP contribution in [0.4, 0.5) is 5.82 Å². The molecule has 0 N–H and O–H groups in total. The lowest BCUT2D eigenvalue weighted by molar-refractivity contribution is 0.692. The van der Waals surface area contributed by atoms with Crippen molar-refractivity contribution in [3.05, 3.63) is 41.9 Å². The van der Waals surface area contributed by atoms with E-state index < -0.39 is 0 Å². The molecule has 0 saturated carbocycles. The highest BCUT2D eigenvalue weighted by Gasteiger charge is 2.12. The van der Waals surface area contributed by atoms with Gasteiger partial charge in [0.2, 0.25) is 0 Å². The van der Waals surface area contributed by atoms with Crippen molar-refractivity contribution in [3.8, 4) is 0 Å². The Kier molecular flexibility index (Phi) is 4.83. The quantitative estimate of drug-likeness (QED) is 0.845. The fraction of sp³-hybridized carbons (Fsp3) is 0.500. The fourth-order valence-electron chi connectivity index (χ4n) is 2.04. The molecule has 0 aliphatic heterocycles. The second-order valence-corrected chi connectivity index (χ2v) is 5.89. The van der Waals surface area contributed by atoms with Gasteiger partial charge in [-0.1, -0.05) is 20.8 Å². The second-order valence-electron chi connectivity index (χ2n) is 5.89. The predicted octanol–water partition coefficient (Wildman–Crippen LogP) is 2.80. The Morgan fingerprint density at radius 3 is 2.24 bits per heavy atom. The summed E-state index contributed by atoms with van der Waals surface area (Å²) in [6.45, 7) is 6.40. The van der Waals surface area contributed by atoms with Crippen LogP contribution in [0.3, 0.4) is 0 Å². The topological polar surface area (TPSA) is 54.8 Å². The Balaban J connectivity index is 2.16. The Labute approximate surface area is 126 Å². The average Bonchev–Trinajstić information content (AvgIpc) is 2.47. The van der Waals surface area contributed by atoms with Gasteiger partial charge in [-0.25, -0.2) is 4.98 Å². The van der Waals surface area contributed by atoms with Crippen LogP contribution in [0.5, 0.6) is 0 Å². The molecular formula is C16H23N5. The van der Waals surface area contributed by atoms with Crippen molar-refractivity contribution in [3.63, 3.8) is 0 Å². The summed E-state index contributed by atoms with van der Waals surface area (Å²) in [6.07, 6.45) is 8.10. The molecule has 112 valence electrons. The minimum Gasteiger partial charge on any atom is -0.361 e. The zero-order valence-corrected chi connectivity index (χ0v) is 13.4. The van der Waals surface area contributed by atoms with Crippen molar-refractivity contribution in [2.24, 2.45) is 0 Å². The minimum atomic E-state index is 0.258. The van der Waals surface area contributed by atoms with E-state index >= 15 is 0 Å². The maximum absolute atomic E-state index is 4.67. The standard InChI is InChI=1S/C16H23N5/c1-11(2)14-8-17-7-13(19-14)6-12(3)15-9-18-10-16(20-15)21(4)5/h7-12H,6H2,1-5H3. The van der Waals surface area contributed by atoms with Crippen molar-refractivity contribution in [2.75, 3.05) is 19.0 Å². The molecule has 1 unspecified atom stereocenters. The third-order valence-corrected chi connectivity index (χ3v) is 3.41. The lowest BCUT2D eigenvalue weighted by atomic mass is 10.0. The van der Waals surface area contributed by atoms with Crippen LogP contribution >= 0.6 is 0 Å². The van der Waals surface area contributed by atoms with Crippen molar-refractivity contribution >= 4 is 5.82 Å².